The molecule has 4 nitrogen and oxygen atoms in total. The van der Waals surface area contributed by atoms with Crippen LogP contribution in [0.4, 0.5) is 14.9 Å². The average molecular weight is 251 g/mol. The van der Waals surface area contributed by atoms with E-state index in [-0.39, 0.29) is 17.8 Å². The van der Waals surface area contributed by atoms with Gasteiger partial charge in [0.1, 0.15) is 5.82 Å². The van der Waals surface area contributed by atoms with Crippen LogP contribution in [-0.2, 0) is 0 Å². The van der Waals surface area contributed by atoms with Crippen LogP contribution in [0, 0.1) is 5.82 Å². The van der Waals surface area contributed by atoms with Gasteiger partial charge in [-0.15, -0.1) is 0 Å². The van der Waals surface area contributed by atoms with Gasteiger partial charge in [0.25, 0.3) is 0 Å². The minimum atomic E-state index is -0.444. The largest absolute Gasteiger partial charge is 0.334 e. The fourth-order valence-electron chi connectivity index (χ4n) is 2.23. The first-order chi connectivity index (χ1) is 8.66. The van der Waals surface area contributed by atoms with Crippen molar-refractivity contribution >= 4 is 11.7 Å². The number of benzene rings is 1. The summed E-state index contributed by atoms with van der Waals surface area (Å²) in [5, 5.41) is 5.30. The summed E-state index contributed by atoms with van der Waals surface area (Å²) in [4.78, 5) is 11.7. The number of carbonyl (C=O) groups is 1. The molecule has 0 unspecified atom stereocenters. The SMILES string of the molecule is N[C@@H]1CCCC[C@H]1NC(=O)Nc1ccccc1F. The molecule has 0 aromatic heterocycles. The molecule has 18 heavy (non-hydrogen) atoms. The normalized spacial score (nSPS) is 23.4. The highest BCUT2D eigenvalue weighted by Gasteiger charge is 2.23. The summed E-state index contributed by atoms with van der Waals surface area (Å²) in [5.74, 6) is -0.444. The van der Waals surface area contributed by atoms with Gasteiger partial charge in [0.15, 0.2) is 0 Å². The summed E-state index contributed by atoms with van der Waals surface area (Å²) < 4.78 is 13.3. The smallest absolute Gasteiger partial charge is 0.319 e. The molecule has 0 aliphatic heterocycles. The lowest BCUT2D eigenvalue weighted by Gasteiger charge is -2.29. The highest BCUT2D eigenvalue weighted by atomic mass is 19.1. The number of hydrogen-bond donors (Lipinski definition) is 3. The monoisotopic (exact) mass is 251 g/mol. The average Bonchev–Trinajstić information content (AvgIpc) is 2.35. The predicted octanol–water partition coefficient (Wildman–Crippen LogP) is 2.22. The van der Waals surface area contributed by atoms with E-state index in [0.717, 1.165) is 25.7 Å². The van der Waals surface area contributed by atoms with Crippen molar-refractivity contribution in [3.8, 4) is 0 Å². The maximum atomic E-state index is 13.3. The van der Waals surface area contributed by atoms with Gasteiger partial charge in [-0.3, -0.25) is 0 Å². The highest BCUT2D eigenvalue weighted by molar-refractivity contribution is 5.89. The summed E-state index contributed by atoms with van der Waals surface area (Å²) in [6.07, 6.45) is 3.98. The van der Waals surface area contributed by atoms with Gasteiger partial charge in [-0.05, 0) is 25.0 Å². The Morgan fingerprint density at radius 2 is 2.00 bits per heavy atom. The Morgan fingerprint density at radius 1 is 1.28 bits per heavy atom. The lowest BCUT2D eigenvalue weighted by atomic mass is 9.91. The van der Waals surface area contributed by atoms with Crippen LogP contribution >= 0.6 is 0 Å². The van der Waals surface area contributed by atoms with Crippen LogP contribution in [0.25, 0.3) is 0 Å². The molecule has 0 spiro atoms. The molecule has 1 aliphatic carbocycles. The van der Waals surface area contributed by atoms with Crippen molar-refractivity contribution in [3.05, 3.63) is 30.1 Å². The molecule has 0 bridgehead atoms. The molecule has 2 rings (SSSR count). The first-order valence-electron chi connectivity index (χ1n) is 6.24. The molecular weight excluding hydrogens is 233 g/mol. The van der Waals surface area contributed by atoms with E-state index < -0.39 is 11.8 Å². The molecule has 1 saturated carbocycles. The molecule has 2 atom stereocenters. The molecule has 4 N–H and O–H groups in total. The Hall–Kier alpha value is -1.62. The van der Waals surface area contributed by atoms with Crippen LogP contribution in [0.2, 0.25) is 0 Å². The number of nitrogens with two attached hydrogens (primary N) is 1. The summed E-state index contributed by atoms with van der Waals surface area (Å²) in [7, 11) is 0. The third kappa shape index (κ3) is 3.20. The topological polar surface area (TPSA) is 67.1 Å². The summed E-state index contributed by atoms with van der Waals surface area (Å²) >= 11 is 0. The number of para-hydroxylation sites is 1. The number of anilines is 1. The van der Waals surface area contributed by atoms with Crippen molar-refractivity contribution in [3.63, 3.8) is 0 Å². The quantitative estimate of drug-likeness (QED) is 0.754. The van der Waals surface area contributed by atoms with Gasteiger partial charge in [0, 0.05) is 12.1 Å². The fraction of sp³-hybridized carbons (Fsp3) is 0.462. The Bertz CT molecular complexity index is 424. The van der Waals surface area contributed by atoms with Crippen LogP contribution in [-0.4, -0.2) is 18.1 Å². The highest BCUT2D eigenvalue weighted by Crippen LogP contribution is 2.17. The molecule has 1 aromatic carbocycles. The van der Waals surface area contributed by atoms with E-state index in [4.69, 9.17) is 5.73 Å². The van der Waals surface area contributed by atoms with Crippen molar-refractivity contribution in [2.24, 2.45) is 5.73 Å². The molecule has 2 amide bonds. The lowest BCUT2D eigenvalue weighted by Crippen LogP contribution is -2.50. The number of rotatable bonds is 2. The molecule has 0 saturated heterocycles. The Balaban J connectivity index is 1.90. The van der Waals surface area contributed by atoms with E-state index in [2.05, 4.69) is 10.6 Å². The van der Waals surface area contributed by atoms with Gasteiger partial charge in [0.2, 0.25) is 0 Å². The first kappa shape index (κ1) is 12.8. The van der Waals surface area contributed by atoms with Crippen molar-refractivity contribution in [1.82, 2.24) is 5.32 Å². The van der Waals surface area contributed by atoms with E-state index in [0.29, 0.717) is 0 Å². The summed E-state index contributed by atoms with van der Waals surface area (Å²) in [6, 6.07) is 5.65. The van der Waals surface area contributed by atoms with Crippen molar-refractivity contribution in [2.45, 2.75) is 37.8 Å². The number of nitrogens with one attached hydrogen (secondary N) is 2. The van der Waals surface area contributed by atoms with Crippen LogP contribution in [0.3, 0.4) is 0 Å². The third-order valence-electron chi connectivity index (χ3n) is 3.26. The minimum absolute atomic E-state index is 0.00915. The van der Waals surface area contributed by atoms with Crippen LogP contribution in [0.1, 0.15) is 25.7 Å². The number of hydrogen-bond acceptors (Lipinski definition) is 2. The Kier molecular flexibility index (Phi) is 4.15. The van der Waals surface area contributed by atoms with E-state index in [1.807, 2.05) is 0 Å². The fourth-order valence-corrected chi connectivity index (χ4v) is 2.23. The lowest BCUT2D eigenvalue weighted by molar-refractivity contribution is 0.240. The standard InChI is InChI=1S/C13H18FN3O/c14-9-5-1-3-7-11(9)16-13(18)17-12-8-4-2-6-10(12)15/h1,3,5,7,10,12H,2,4,6,8,15H2,(H2,16,17,18)/t10-,12-/m1/s1. The Morgan fingerprint density at radius 3 is 2.72 bits per heavy atom. The minimum Gasteiger partial charge on any atom is -0.334 e. The zero-order chi connectivity index (χ0) is 13.0. The van der Waals surface area contributed by atoms with Crippen LogP contribution in [0.15, 0.2) is 24.3 Å². The number of amides is 2. The second kappa shape index (κ2) is 5.82. The third-order valence-corrected chi connectivity index (χ3v) is 3.26. The molecule has 98 valence electrons. The zero-order valence-corrected chi connectivity index (χ0v) is 10.2. The van der Waals surface area contributed by atoms with Gasteiger partial charge in [-0.2, -0.15) is 0 Å². The number of urea groups is 1. The second-order valence-corrected chi connectivity index (χ2v) is 4.63. The number of halogens is 1. The molecule has 5 heteroatoms. The zero-order valence-electron chi connectivity index (χ0n) is 10.2. The van der Waals surface area contributed by atoms with E-state index >= 15 is 0 Å². The first-order valence-corrected chi connectivity index (χ1v) is 6.24. The van der Waals surface area contributed by atoms with E-state index in [1.54, 1.807) is 12.1 Å². The van der Waals surface area contributed by atoms with Gasteiger partial charge < -0.3 is 16.4 Å². The van der Waals surface area contributed by atoms with Crippen LogP contribution in [0.5, 0.6) is 0 Å². The van der Waals surface area contributed by atoms with Gasteiger partial charge in [0.05, 0.1) is 5.69 Å². The van der Waals surface area contributed by atoms with Crippen molar-refractivity contribution in [2.75, 3.05) is 5.32 Å². The summed E-state index contributed by atoms with van der Waals surface area (Å²) in [5.41, 5.74) is 6.11. The van der Waals surface area contributed by atoms with Crippen molar-refractivity contribution < 1.29 is 9.18 Å². The van der Waals surface area contributed by atoms with Gasteiger partial charge in [-0.1, -0.05) is 25.0 Å². The van der Waals surface area contributed by atoms with E-state index in [1.165, 1.54) is 12.1 Å². The maximum absolute atomic E-state index is 13.3. The number of carbonyl (C=O) groups excluding carboxylic acids is 1. The van der Waals surface area contributed by atoms with Gasteiger partial charge >= 0.3 is 6.03 Å². The molecule has 1 aromatic rings. The second-order valence-electron chi connectivity index (χ2n) is 4.63. The Labute approximate surface area is 106 Å². The molecule has 1 fully saturated rings. The maximum Gasteiger partial charge on any atom is 0.319 e. The molecule has 0 heterocycles. The summed E-state index contributed by atoms with van der Waals surface area (Å²) in [6.45, 7) is 0. The van der Waals surface area contributed by atoms with Gasteiger partial charge in [-0.25, -0.2) is 9.18 Å². The molecule has 0 radical (unpaired) electrons. The van der Waals surface area contributed by atoms with Crippen molar-refractivity contribution in [1.29, 1.82) is 0 Å². The molecular formula is C13H18FN3O. The molecule has 1 aliphatic rings. The predicted molar refractivity (Wildman–Crippen MR) is 68.8 cm³/mol. The van der Waals surface area contributed by atoms with Crippen LogP contribution < -0.4 is 16.4 Å². The van der Waals surface area contributed by atoms with E-state index in [9.17, 15) is 9.18 Å².